The fourth-order valence-electron chi connectivity index (χ4n) is 1.84. The van der Waals surface area contributed by atoms with Gasteiger partial charge in [-0.3, -0.25) is 9.69 Å². The van der Waals surface area contributed by atoms with E-state index in [2.05, 4.69) is 18.7 Å². The van der Waals surface area contributed by atoms with E-state index in [1.807, 2.05) is 12.1 Å². The zero-order chi connectivity index (χ0) is 14.4. The topological polar surface area (TPSA) is 40.5 Å². The third-order valence-corrected chi connectivity index (χ3v) is 3.83. The molecule has 0 bridgehead atoms. The van der Waals surface area contributed by atoms with Crippen molar-refractivity contribution in [3.8, 4) is 0 Å². The predicted octanol–water partition coefficient (Wildman–Crippen LogP) is 4.07. The third-order valence-electron chi connectivity index (χ3n) is 2.97. The van der Waals surface area contributed by atoms with Crippen LogP contribution < -0.4 is 0 Å². The molecule has 0 aliphatic heterocycles. The second kappa shape index (κ2) is 7.73. The predicted molar refractivity (Wildman–Crippen MR) is 78.9 cm³/mol. The van der Waals surface area contributed by atoms with Crippen LogP contribution in [0.4, 0.5) is 0 Å². The molecular weight excluding hydrogens is 285 g/mol. The minimum Gasteiger partial charge on any atom is -0.481 e. The van der Waals surface area contributed by atoms with Crippen LogP contribution in [0.1, 0.15) is 32.3 Å². The zero-order valence-corrected chi connectivity index (χ0v) is 12.7. The number of hydrogen-bond acceptors (Lipinski definition) is 2. The van der Waals surface area contributed by atoms with Gasteiger partial charge >= 0.3 is 5.97 Å². The first-order valence-corrected chi connectivity index (χ1v) is 7.06. The van der Waals surface area contributed by atoms with Crippen LogP contribution >= 0.6 is 23.2 Å². The number of carboxylic acids is 1. The van der Waals surface area contributed by atoms with Gasteiger partial charge in [0.15, 0.2) is 0 Å². The molecule has 0 unspecified atom stereocenters. The average Bonchev–Trinajstić information content (AvgIpc) is 2.32. The molecule has 19 heavy (non-hydrogen) atoms. The normalized spacial score (nSPS) is 11.3. The lowest BCUT2D eigenvalue weighted by molar-refractivity contribution is -0.137. The SMILES string of the molecule is CC(C)N(CCCC(=O)O)Cc1cccc(Cl)c1Cl. The molecule has 106 valence electrons. The number of aliphatic carboxylic acids is 1. The van der Waals surface area contributed by atoms with E-state index in [1.165, 1.54) is 0 Å². The van der Waals surface area contributed by atoms with Crippen molar-refractivity contribution in [2.24, 2.45) is 0 Å². The van der Waals surface area contributed by atoms with E-state index >= 15 is 0 Å². The first-order chi connectivity index (χ1) is 8.91. The first-order valence-electron chi connectivity index (χ1n) is 6.30. The summed E-state index contributed by atoms with van der Waals surface area (Å²) < 4.78 is 0. The highest BCUT2D eigenvalue weighted by atomic mass is 35.5. The van der Waals surface area contributed by atoms with Crippen molar-refractivity contribution in [1.82, 2.24) is 4.90 Å². The minimum absolute atomic E-state index is 0.187. The molecule has 0 spiro atoms. The number of carbonyl (C=O) groups is 1. The van der Waals surface area contributed by atoms with Crippen molar-refractivity contribution >= 4 is 29.2 Å². The highest BCUT2D eigenvalue weighted by molar-refractivity contribution is 6.42. The Balaban J connectivity index is 2.67. The van der Waals surface area contributed by atoms with Crippen LogP contribution in [0.25, 0.3) is 0 Å². The van der Waals surface area contributed by atoms with Crippen LogP contribution in [0, 0.1) is 0 Å². The molecule has 3 nitrogen and oxygen atoms in total. The summed E-state index contributed by atoms with van der Waals surface area (Å²) in [6.07, 6.45) is 0.818. The largest absolute Gasteiger partial charge is 0.481 e. The van der Waals surface area contributed by atoms with E-state index < -0.39 is 5.97 Å². The third kappa shape index (κ3) is 5.39. The van der Waals surface area contributed by atoms with Gasteiger partial charge in [0.25, 0.3) is 0 Å². The van der Waals surface area contributed by atoms with Crippen LogP contribution in [0.15, 0.2) is 18.2 Å². The van der Waals surface area contributed by atoms with Gasteiger partial charge in [-0.05, 0) is 38.4 Å². The summed E-state index contributed by atoms with van der Waals surface area (Å²) in [4.78, 5) is 12.7. The highest BCUT2D eigenvalue weighted by Crippen LogP contribution is 2.27. The molecule has 0 aromatic heterocycles. The van der Waals surface area contributed by atoms with Gasteiger partial charge < -0.3 is 5.11 Å². The maximum atomic E-state index is 10.6. The summed E-state index contributed by atoms with van der Waals surface area (Å²) >= 11 is 12.2. The summed E-state index contributed by atoms with van der Waals surface area (Å²) in [6.45, 7) is 5.57. The molecule has 0 saturated heterocycles. The summed E-state index contributed by atoms with van der Waals surface area (Å²) in [5.41, 5.74) is 0.971. The molecule has 0 atom stereocenters. The number of halogens is 2. The minimum atomic E-state index is -0.760. The van der Waals surface area contributed by atoms with Crippen molar-refractivity contribution in [2.45, 2.75) is 39.3 Å². The summed E-state index contributed by atoms with van der Waals surface area (Å²) in [6, 6.07) is 5.90. The number of benzene rings is 1. The molecular formula is C14H19Cl2NO2. The molecule has 0 heterocycles. The van der Waals surface area contributed by atoms with Gasteiger partial charge in [0.1, 0.15) is 0 Å². The van der Waals surface area contributed by atoms with E-state index in [0.717, 1.165) is 12.1 Å². The van der Waals surface area contributed by atoms with Gasteiger partial charge in [-0.2, -0.15) is 0 Å². The smallest absolute Gasteiger partial charge is 0.303 e. The molecule has 0 aliphatic rings. The summed E-state index contributed by atoms with van der Waals surface area (Å²) in [7, 11) is 0. The van der Waals surface area contributed by atoms with Gasteiger partial charge in [-0.25, -0.2) is 0 Å². The van der Waals surface area contributed by atoms with E-state index in [-0.39, 0.29) is 6.42 Å². The van der Waals surface area contributed by atoms with Gasteiger partial charge in [0, 0.05) is 19.0 Å². The number of carboxylic acid groups (broad SMARTS) is 1. The van der Waals surface area contributed by atoms with Crippen molar-refractivity contribution < 1.29 is 9.90 Å². The fraction of sp³-hybridized carbons (Fsp3) is 0.500. The Hall–Kier alpha value is -0.770. The van der Waals surface area contributed by atoms with Gasteiger partial charge in [-0.15, -0.1) is 0 Å². The lowest BCUT2D eigenvalue weighted by atomic mass is 10.1. The van der Waals surface area contributed by atoms with Crippen LogP contribution in [0.2, 0.25) is 10.0 Å². The molecule has 0 saturated carbocycles. The monoisotopic (exact) mass is 303 g/mol. The lowest BCUT2D eigenvalue weighted by Crippen LogP contribution is -2.31. The highest BCUT2D eigenvalue weighted by Gasteiger charge is 2.13. The molecule has 1 N–H and O–H groups in total. The zero-order valence-electron chi connectivity index (χ0n) is 11.2. The van der Waals surface area contributed by atoms with Gasteiger partial charge in [0.05, 0.1) is 10.0 Å². The summed E-state index contributed by atoms with van der Waals surface area (Å²) in [5, 5.41) is 9.80. The number of hydrogen-bond donors (Lipinski definition) is 1. The lowest BCUT2D eigenvalue weighted by Gasteiger charge is -2.26. The van der Waals surface area contributed by atoms with Crippen molar-refractivity contribution in [2.75, 3.05) is 6.54 Å². The van der Waals surface area contributed by atoms with Crippen molar-refractivity contribution in [1.29, 1.82) is 0 Å². The van der Waals surface area contributed by atoms with Crippen LogP contribution in [-0.2, 0) is 11.3 Å². The van der Waals surface area contributed by atoms with E-state index in [9.17, 15) is 4.79 Å². The average molecular weight is 304 g/mol. The Labute approximate surface area is 124 Å². The second-order valence-corrected chi connectivity index (χ2v) is 5.56. The van der Waals surface area contributed by atoms with Crippen molar-refractivity contribution in [3.63, 3.8) is 0 Å². The van der Waals surface area contributed by atoms with E-state index in [0.29, 0.717) is 29.1 Å². The molecule has 1 aromatic rings. The Morgan fingerprint density at radius 3 is 2.63 bits per heavy atom. The van der Waals surface area contributed by atoms with Gasteiger partial charge in [0.2, 0.25) is 0 Å². The van der Waals surface area contributed by atoms with Crippen LogP contribution in [0.3, 0.4) is 0 Å². The Morgan fingerprint density at radius 2 is 2.05 bits per heavy atom. The standard InChI is InChI=1S/C14H19Cl2NO2/c1-10(2)17(8-4-7-13(18)19)9-11-5-3-6-12(15)14(11)16/h3,5-6,10H,4,7-9H2,1-2H3,(H,18,19). The molecule has 5 heteroatoms. The molecule has 1 rings (SSSR count). The Morgan fingerprint density at radius 1 is 1.37 bits per heavy atom. The molecule has 0 fully saturated rings. The van der Waals surface area contributed by atoms with Gasteiger partial charge in [-0.1, -0.05) is 35.3 Å². The Kier molecular flexibility index (Phi) is 6.63. The quantitative estimate of drug-likeness (QED) is 0.825. The van der Waals surface area contributed by atoms with Crippen LogP contribution in [0.5, 0.6) is 0 Å². The summed E-state index contributed by atoms with van der Waals surface area (Å²) in [5.74, 6) is -0.760. The van der Waals surface area contributed by atoms with E-state index in [1.54, 1.807) is 6.07 Å². The maximum absolute atomic E-state index is 10.6. The van der Waals surface area contributed by atoms with Crippen LogP contribution in [-0.4, -0.2) is 28.6 Å². The molecule has 0 amide bonds. The number of nitrogens with zero attached hydrogens (tertiary/aromatic N) is 1. The van der Waals surface area contributed by atoms with Crippen molar-refractivity contribution in [3.05, 3.63) is 33.8 Å². The fourth-order valence-corrected chi connectivity index (χ4v) is 2.22. The molecule has 0 radical (unpaired) electrons. The van der Waals surface area contributed by atoms with E-state index in [4.69, 9.17) is 28.3 Å². The second-order valence-electron chi connectivity index (χ2n) is 4.77. The Bertz CT molecular complexity index is 435. The first kappa shape index (κ1) is 16.3. The maximum Gasteiger partial charge on any atom is 0.303 e. The molecule has 0 aliphatic carbocycles. The molecule has 1 aromatic carbocycles. The number of rotatable bonds is 7.